The zero-order chi connectivity index (χ0) is 11.1. The van der Waals surface area contributed by atoms with Gasteiger partial charge in [0, 0.05) is 5.41 Å². The molecular formula is C14H22O. The highest BCUT2D eigenvalue weighted by Crippen LogP contribution is 2.50. The van der Waals surface area contributed by atoms with Crippen LogP contribution in [0.5, 0.6) is 0 Å². The Morgan fingerprint density at radius 1 is 1.40 bits per heavy atom. The van der Waals surface area contributed by atoms with Gasteiger partial charge in [0.15, 0.2) is 0 Å². The number of hydrogen-bond donors (Lipinski definition) is 1. The van der Waals surface area contributed by atoms with Gasteiger partial charge >= 0.3 is 0 Å². The molecule has 1 nitrogen and oxygen atoms in total. The fraction of sp³-hybridized carbons (Fsp3) is 0.714. The van der Waals surface area contributed by atoms with E-state index in [2.05, 4.69) is 26.8 Å². The summed E-state index contributed by atoms with van der Waals surface area (Å²) in [4.78, 5) is 0. The number of aliphatic hydroxyl groups excluding tert-OH is 1. The van der Waals surface area contributed by atoms with E-state index in [1.807, 2.05) is 0 Å². The van der Waals surface area contributed by atoms with E-state index in [1.54, 1.807) is 0 Å². The lowest BCUT2D eigenvalue weighted by atomic mass is 9.61. The summed E-state index contributed by atoms with van der Waals surface area (Å²) in [6.45, 7) is 6.61. The van der Waals surface area contributed by atoms with Crippen molar-refractivity contribution in [2.24, 2.45) is 5.41 Å². The molecule has 0 aromatic rings. The van der Waals surface area contributed by atoms with E-state index in [0.29, 0.717) is 0 Å². The van der Waals surface area contributed by atoms with Crippen LogP contribution in [0.3, 0.4) is 0 Å². The van der Waals surface area contributed by atoms with Gasteiger partial charge in [-0.05, 0) is 57.1 Å². The van der Waals surface area contributed by atoms with Crippen molar-refractivity contribution in [3.05, 3.63) is 22.8 Å². The van der Waals surface area contributed by atoms with Crippen LogP contribution in [-0.4, -0.2) is 11.2 Å². The van der Waals surface area contributed by atoms with Crippen LogP contribution >= 0.6 is 0 Å². The first-order valence-electron chi connectivity index (χ1n) is 6.13. The molecule has 2 rings (SSSR count). The van der Waals surface area contributed by atoms with Crippen LogP contribution < -0.4 is 0 Å². The van der Waals surface area contributed by atoms with Gasteiger partial charge in [0.2, 0.25) is 0 Å². The Morgan fingerprint density at radius 2 is 2.13 bits per heavy atom. The molecule has 2 aliphatic rings. The number of fused-ring (bicyclic) bond motifs is 1. The van der Waals surface area contributed by atoms with Gasteiger partial charge in [-0.3, -0.25) is 0 Å². The SMILES string of the molecule is C/C=C1/CCC2(C)C(=C1C)CCCC2O. The molecular weight excluding hydrogens is 184 g/mol. The largest absolute Gasteiger partial charge is 0.392 e. The second kappa shape index (κ2) is 3.79. The van der Waals surface area contributed by atoms with Crippen molar-refractivity contribution in [1.29, 1.82) is 0 Å². The van der Waals surface area contributed by atoms with Crippen LogP contribution in [0.25, 0.3) is 0 Å². The summed E-state index contributed by atoms with van der Waals surface area (Å²) in [6, 6.07) is 0. The third-order valence-corrected chi connectivity index (χ3v) is 4.53. The highest BCUT2D eigenvalue weighted by Gasteiger charge is 2.42. The summed E-state index contributed by atoms with van der Waals surface area (Å²) >= 11 is 0. The number of aliphatic hydroxyl groups is 1. The van der Waals surface area contributed by atoms with Crippen LogP contribution in [0.1, 0.15) is 52.9 Å². The molecule has 0 aliphatic heterocycles. The van der Waals surface area contributed by atoms with Crippen molar-refractivity contribution < 1.29 is 5.11 Å². The number of rotatable bonds is 0. The quantitative estimate of drug-likeness (QED) is 0.642. The Kier molecular flexibility index (Phi) is 2.76. The van der Waals surface area contributed by atoms with Gasteiger partial charge in [-0.15, -0.1) is 0 Å². The van der Waals surface area contributed by atoms with Gasteiger partial charge in [0.25, 0.3) is 0 Å². The Labute approximate surface area is 92.9 Å². The fourth-order valence-electron chi connectivity index (χ4n) is 3.35. The molecule has 2 atom stereocenters. The molecule has 2 unspecified atom stereocenters. The molecule has 1 heteroatoms. The minimum Gasteiger partial charge on any atom is -0.392 e. The molecule has 0 aromatic heterocycles. The first-order valence-corrected chi connectivity index (χ1v) is 6.13. The van der Waals surface area contributed by atoms with Gasteiger partial charge in [0.1, 0.15) is 0 Å². The maximum atomic E-state index is 10.2. The minimum absolute atomic E-state index is 0.0782. The first kappa shape index (κ1) is 10.9. The smallest absolute Gasteiger partial charge is 0.0631 e. The Bertz CT molecular complexity index is 324. The fourth-order valence-corrected chi connectivity index (χ4v) is 3.35. The van der Waals surface area contributed by atoms with E-state index >= 15 is 0 Å². The van der Waals surface area contributed by atoms with Crippen molar-refractivity contribution in [2.45, 2.75) is 59.0 Å². The molecule has 0 radical (unpaired) electrons. The summed E-state index contributed by atoms with van der Waals surface area (Å²) in [7, 11) is 0. The molecule has 1 N–H and O–H groups in total. The topological polar surface area (TPSA) is 20.2 Å². The summed E-state index contributed by atoms with van der Waals surface area (Å²) < 4.78 is 0. The average molecular weight is 206 g/mol. The maximum Gasteiger partial charge on any atom is 0.0631 e. The standard InChI is InChI=1S/C14H22O/c1-4-11-8-9-14(3)12(10(11)2)6-5-7-13(14)15/h4,13,15H,5-9H2,1-3H3/b11-4-. The van der Waals surface area contributed by atoms with Crippen LogP contribution in [0.2, 0.25) is 0 Å². The lowest BCUT2D eigenvalue weighted by Gasteiger charge is -2.45. The average Bonchev–Trinajstić information content (AvgIpc) is 2.22. The summed E-state index contributed by atoms with van der Waals surface area (Å²) in [6.07, 6.45) is 7.72. The minimum atomic E-state index is -0.116. The summed E-state index contributed by atoms with van der Waals surface area (Å²) in [5, 5.41) is 10.2. The van der Waals surface area contributed by atoms with Crippen molar-refractivity contribution in [1.82, 2.24) is 0 Å². The van der Waals surface area contributed by atoms with Gasteiger partial charge < -0.3 is 5.11 Å². The van der Waals surface area contributed by atoms with Crippen molar-refractivity contribution in [2.75, 3.05) is 0 Å². The maximum absolute atomic E-state index is 10.2. The molecule has 1 fully saturated rings. The molecule has 0 saturated heterocycles. The van der Waals surface area contributed by atoms with Gasteiger partial charge in [-0.1, -0.05) is 18.6 Å². The normalized spacial score (nSPS) is 39.5. The number of allylic oxidation sites excluding steroid dienone is 3. The van der Waals surface area contributed by atoms with Gasteiger partial charge in [-0.2, -0.15) is 0 Å². The molecule has 0 aromatic carbocycles. The summed E-state index contributed by atoms with van der Waals surface area (Å²) in [5.41, 5.74) is 4.57. The van der Waals surface area contributed by atoms with E-state index in [4.69, 9.17) is 0 Å². The lowest BCUT2D eigenvalue weighted by molar-refractivity contribution is 0.0278. The molecule has 0 spiro atoms. The third-order valence-electron chi connectivity index (χ3n) is 4.53. The van der Waals surface area contributed by atoms with Crippen LogP contribution in [0.4, 0.5) is 0 Å². The van der Waals surface area contributed by atoms with E-state index in [0.717, 1.165) is 25.7 Å². The first-order chi connectivity index (χ1) is 7.09. The summed E-state index contributed by atoms with van der Waals surface area (Å²) in [5.74, 6) is 0. The molecule has 15 heavy (non-hydrogen) atoms. The van der Waals surface area contributed by atoms with E-state index in [-0.39, 0.29) is 11.5 Å². The van der Waals surface area contributed by atoms with Crippen LogP contribution in [0, 0.1) is 5.41 Å². The Hall–Kier alpha value is -0.560. The van der Waals surface area contributed by atoms with Crippen molar-refractivity contribution in [3.8, 4) is 0 Å². The number of hydrogen-bond acceptors (Lipinski definition) is 1. The van der Waals surface area contributed by atoms with Gasteiger partial charge in [-0.25, -0.2) is 0 Å². The zero-order valence-corrected chi connectivity index (χ0v) is 10.1. The molecule has 0 bridgehead atoms. The molecule has 0 amide bonds. The van der Waals surface area contributed by atoms with Crippen LogP contribution in [-0.2, 0) is 0 Å². The van der Waals surface area contributed by atoms with E-state index in [1.165, 1.54) is 23.1 Å². The molecule has 2 aliphatic carbocycles. The lowest BCUT2D eigenvalue weighted by Crippen LogP contribution is -2.40. The zero-order valence-electron chi connectivity index (χ0n) is 10.1. The third kappa shape index (κ3) is 1.57. The highest BCUT2D eigenvalue weighted by molar-refractivity contribution is 5.41. The Morgan fingerprint density at radius 3 is 2.80 bits per heavy atom. The highest BCUT2D eigenvalue weighted by atomic mass is 16.3. The van der Waals surface area contributed by atoms with E-state index in [9.17, 15) is 5.11 Å². The molecule has 1 saturated carbocycles. The van der Waals surface area contributed by atoms with Crippen LogP contribution in [0.15, 0.2) is 22.8 Å². The second-order valence-electron chi connectivity index (χ2n) is 5.24. The van der Waals surface area contributed by atoms with Crippen molar-refractivity contribution >= 4 is 0 Å². The van der Waals surface area contributed by atoms with E-state index < -0.39 is 0 Å². The second-order valence-corrected chi connectivity index (χ2v) is 5.24. The monoisotopic (exact) mass is 206 g/mol. The van der Waals surface area contributed by atoms with Gasteiger partial charge in [0.05, 0.1) is 6.10 Å². The molecule has 84 valence electrons. The predicted octanol–water partition coefficient (Wildman–Crippen LogP) is 3.59. The molecule has 0 heterocycles. The predicted molar refractivity (Wildman–Crippen MR) is 63.7 cm³/mol. The van der Waals surface area contributed by atoms with Crippen molar-refractivity contribution in [3.63, 3.8) is 0 Å². The Balaban J connectivity index is 2.45.